The van der Waals surface area contributed by atoms with E-state index in [1.54, 1.807) is 10.8 Å². The second-order valence-corrected chi connectivity index (χ2v) is 5.49. The molecule has 0 saturated heterocycles. The standard InChI is InChI=1S/C7H16OS2/c1-6(2)8-5-9-10-7(3)4/h6-7H,5H2,1-4H3. The Morgan fingerprint density at radius 2 is 1.80 bits per heavy atom. The zero-order valence-electron chi connectivity index (χ0n) is 7.09. The number of hydrogen-bond donors (Lipinski definition) is 0. The van der Waals surface area contributed by atoms with Crippen LogP contribution in [0.15, 0.2) is 0 Å². The average molecular weight is 180 g/mol. The van der Waals surface area contributed by atoms with Crippen molar-refractivity contribution in [3.8, 4) is 0 Å². The maximum absolute atomic E-state index is 5.33. The topological polar surface area (TPSA) is 9.23 Å². The van der Waals surface area contributed by atoms with Gasteiger partial charge >= 0.3 is 0 Å². The largest absolute Gasteiger partial charge is 0.367 e. The van der Waals surface area contributed by atoms with Gasteiger partial charge in [-0.1, -0.05) is 35.4 Å². The van der Waals surface area contributed by atoms with E-state index in [0.29, 0.717) is 11.4 Å². The third-order valence-electron chi connectivity index (χ3n) is 0.710. The third-order valence-corrected chi connectivity index (χ3v) is 3.31. The van der Waals surface area contributed by atoms with Crippen molar-refractivity contribution in [2.24, 2.45) is 0 Å². The molecular formula is C7H16OS2. The molecule has 0 aliphatic heterocycles. The molecule has 0 atom stereocenters. The van der Waals surface area contributed by atoms with Gasteiger partial charge in [0, 0.05) is 5.25 Å². The van der Waals surface area contributed by atoms with Gasteiger partial charge in [0.25, 0.3) is 0 Å². The molecule has 10 heavy (non-hydrogen) atoms. The van der Waals surface area contributed by atoms with Crippen LogP contribution >= 0.6 is 21.6 Å². The first-order valence-corrected chi connectivity index (χ1v) is 5.91. The summed E-state index contributed by atoms with van der Waals surface area (Å²) in [6, 6.07) is 0. The molecule has 0 aromatic heterocycles. The quantitative estimate of drug-likeness (QED) is 0.365. The fourth-order valence-electron chi connectivity index (χ4n) is 0.328. The molecule has 0 N–H and O–H groups in total. The second kappa shape index (κ2) is 6.38. The van der Waals surface area contributed by atoms with Crippen LogP contribution in [0.3, 0.4) is 0 Å². The lowest BCUT2D eigenvalue weighted by Crippen LogP contribution is -2.00. The highest BCUT2D eigenvalue weighted by Gasteiger charge is 1.96. The number of ether oxygens (including phenoxy) is 1. The van der Waals surface area contributed by atoms with Crippen LogP contribution in [-0.4, -0.2) is 17.3 Å². The summed E-state index contributed by atoms with van der Waals surface area (Å²) in [5.74, 6) is 0.806. The van der Waals surface area contributed by atoms with Crippen LogP contribution in [0.1, 0.15) is 27.7 Å². The fraction of sp³-hybridized carbons (Fsp3) is 1.00. The van der Waals surface area contributed by atoms with Crippen molar-refractivity contribution < 1.29 is 4.74 Å². The van der Waals surface area contributed by atoms with Crippen LogP contribution in [0.5, 0.6) is 0 Å². The van der Waals surface area contributed by atoms with Crippen molar-refractivity contribution in [1.29, 1.82) is 0 Å². The Hall–Kier alpha value is 0.660. The highest BCUT2D eigenvalue weighted by atomic mass is 33.1. The monoisotopic (exact) mass is 180 g/mol. The van der Waals surface area contributed by atoms with Crippen molar-refractivity contribution in [2.45, 2.75) is 39.0 Å². The molecule has 0 saturated carbocycles. The van der Waals surface area contributed by atoms with Gasteiger partial charge in [-0.25, -0.2) is 0 Å². The summed E-state index contributed by atoms with van der Waals surface area (Å²) in [6.45, 7) is 8.49. The zero-order chi connectivity index (χ0) is 7.98. The van der Waals surface area contributed by atoms with Gasteiger partial charge in [-0.2, -0.15) is 0 Å². The normalized spacial score (nSPS) is 11.4. The molecular weight excluding hydrogens is 164 g/mol. The van der Waals surface area contributed by atoms with Crippen LogP contribution in [0.4, 0.5) is 0 Å². The summed E-state index contributed by atoms with van der Waals surface area (Å²) < 4.78 is 5.33. The van der Waals surface area contributed by atoms with Crippen molar-refractivity contribution in [2.75, 3.05) is 5.94 Å². The molecule has 0 amide bonds. The van der Waals surface area contributed by atoms with E-state index in [-0.39, 0.29) is 0 Å². The van der Waals surface area contributed by atoms with E-state index in [0.717, 1.165) is 5.94 Å². The molecule has 62 valence electrons. The van der Waals surface area contributed by atoms with Gasteiger partial charge in [0.1, 0.15) is 5.94 Å². The van der Waals surface area contributed by atoms with E-state index in [1.165, 1.54) is 0 Å². The van der Waals surface area contributed by atoms with E-state index >= 15 is 0 Å². The minimum absolute atomic E-state index is 0.361. The first-order valence-electron chi connectivity index (χ1n) is 3.52. The molecule has 0 rings (SSSR count). The Labute approximate surface area is 71.7 Å². The molecule has 0 aliphatic carbocycles. The van der Waals surface area contributed by atoms with Gasteiger partial charge in [-0.15, -0.1) is 0 Å². The molecule has 0 bridgehead atoms. The Balaban J connectivity index is 2.91. The van der Waals surface area contributed by atoms with Crippen molar-refractivity contribution in [1.82, 2.24) is 0 Å². The third kappa shape index (κ3) is 8.66. The van der Waals surface area contributed by atoms with Crippen molar-refractivity contribution >= 4 is 21.6 Å². The molecule has 3 heteroatoms. The molecule has 0 unspecified atom stereocenters. The minimum atomic E-state index is 0.361. The Bertz CT molecular complexity index is 64.0. The van der Waals surface area contributed by atoms with Gasteiger partial charge in [0.05, 0.1) is 6.10 Å². The Morgan fingerprint density at radius 1 is 1.20 bits per heavy atom. The molecule has 0 radical (unpaired) electrons. The van der Waals surface area contributed by atoms with Crippen LogP contribution in [-0.2, 0) is 4.74 Å². The Morgan fingerprint density at radius 3 is 2.20 bits per heavy atom. The van der Waals surface area contributed by atoms with Gasteiger partial charge < -0.3 is 4.74 Å². The predicted octanol–water partition coefficient (Wildman–Crippen LogP) is 3.16. The highest BCUT2D eigenvalue weighted by Crippen LogP contribution is 2.26. The molecule has 0 aliphatic rings. The Kier molecular flexibility index (Phi) is 6.80. The van der Waals surface area contributed by atoms with E-state index in [4.69, 9.17) is 4.74 Å². The van der Waals surface area contributed by atoms with Crippen molar-refractivity contribution in [3.63, 3.8) is 0 Å². The van der Waals surface area contributed by atoms with Gasteiger partial charge in [0.15, 0.2) is 0 Å². The van der Waals surface area contributed by atoms with E-state index in [9.17, 15) is 0 Å². The minimum Gasteiger partial charge on any atom is -0.367 e. The summed E-state index contributed by atoms with van der Waals surface area (Å²) in [4.78, 5) is 0. The zero-order valence-corrected chi connectivity index (χ0v) is 8.72. The van der Waals surface area contributed by atoms with Crippen molar-refractivity contribution in [3.05, 3.63) is 0 Å². The smallest absolute Gasteiger partial charge is 0.102 e. The molecule has 0 fully saturated rings. The highest BCUT2D eigenvalue weighted by molar-refractivity contribution is 8.76. The number of rotatable bonds is 5. The SMILES string of the molecule is CC(C)OCSSC(C)C. The molecule has 0 aromatic carbocycles. The summed E-state index contributed by atoms with van der Waals surface area (Å²) in [6.07, 6.45) is 0.361. The molecule has 0 spiro atoms. The maximum atomic E-state index is 5.33. The van der Waals surface area contributed by atoms with Crippen LogP contribution < -0.4 is 0 Å². The van der Waals surface area contributed by atoms with Gasteiger partial charge in [-0.05, 0) is 13.8 Å². The molecule has 1 nitrogen and oxygen atoms in total. The summed E-state index contributed by atoms with van der Waals surface area (Å²) >= 11 is 0. The lowest BCUT2D eigenvalue weighted by molar-refractivity contribution is 0.121. The van der Waals surface area contributed by atoms with Gasteiger partial charge in [-0.3, -0.25) is 0 Å². The average Bonchev–Trinajstić information content (AvgIpc) is 1.79. The first-order chi connectivity index (χ1) is 4.63. The summed E-state index contributed by atoms with van der Waals surface area (Å²) in [7, 11) is 3.65. The predicted molar refractivity (Wildman–Crippen MR) is 51.4 cm³/mol. The maximum Gasteiger partial charge on any atom is 0.102 e. The summed E-state index contributed by atoms with van der Waals surface area (Å²) in [5, 5.41) is 0.695. The fourth-order valence-corrected chi connectivity index (χ4v) is 2.13. The van der Waals surface area contributed by atoms with E-state index in [1.807, 2.05) is 10.8 Å². The summed E-state index contributed by atoms with van der Waals surface area (Å²) in [5.41, 5.74) is 0. The van der Waals surface area contributed by atoms with Crippen LogP contribution in [0.2, 0.25) is 0 Å². The lowest BCUT2D eigenvalue weighted by Gasteiger charge is -2.07. The van der Waals surface area contributed by atoms with Crippen LogP contribution in [0.25, 0.3) is 0 Å². The molecule has 0 heterocycles. The first kappa shape index (κ1) is 10.7. The molecule has 0 aromatic rings. The van der Waals surface area contributed by atoms with E-state index in [2.05, 4.69) is 27.7 Å². The van der Waals surface area contributed by atoms with E-state index < -0.39 is 0 Å². The van der Waals surface area contributed by atoms with Crippen LogP contribution in [0, 0.1) is 0 Å². The number of hydrogen-bond acceptors (Lipinski definition) is 3. The second-order valence-electron chi connectivity index (χ2n) is 2.60. The van der Waals surface area contributed by atoms with Gasteiger partial charge in [0.2, 0.25) is 0 Å². The lowest BCUT2D eigenvalue weighted by atomic mass is 10.5.